The lowest BCUT2D eigenvalue weighted by Gasteiger charge is -2.14. The number of rotatable bonds is 6. The van der Waals surface area contributed by atoms with E-state index in [9.17, 15) is 22.4 Å². The van der Waals surface area contributed by atoms with Crippen LogP contribution >= 0.6 is 0 Å². The molecule has 0 aliphatic carbocycles. The molecule has 0 atom stereocenters. The molecule has 0 radical (unpaired) electrons. The van der Waals surface area contributed by atoms with Gasteiger partial charge in [0.25, 0.3) is 0 Å². The van der Waals surface area contributed by atoms with Gasteiger partial charge in [-0.25, -0.2) is 12.8 Å². The number of aromatic nitrogens is 1. The number of nitrogens with zero attached hydrogens (tertiary/aromatic N) is 1. The van der Waals surface area contributed by atoms with E-state index in [1.807, 2.05) is 19.1 Å². The summed E-state index contributed by atoms with van der Waals surface area (Å²) in [6, 6.07) is 18.4. The zero-order valence-corrected chi connectivity index (χ0v) is 18.6. The largest absolute Gasteiger partial charge is 0.336 e. The minimum absolute atomic E-state index is 0.0649. The fourth-order valence-corrected chi connectivity index (χ4v) is 4.96. The van der Waals surface area contributed by atoms with Crippen molar-refractivity contribution in [1.29, 1.82) is 0 Å². The van der Waals surface area contributed by atoms with E-state index in [-0.39, 0.29) is 22.3 Å². The molecule has 0 aliphatic rings. The molecule has 1 amide bonds. The molecule has 6 nitrogen and oxygen atoms in total. The summed E-state index contributed by atoms with van der Waals surface area (Å²) in [6.07, 6.45) is 2.01. The number of carbonyl (C=O) groups is 1. The van der Waals surface area contributed by atoms with E-state index < -0.39 is 31.9 Å². The van der Waals surface area contributed by atoms with Crippen molar-refractivity contribution in [3.05, 3.63) is 101 Å². The van der Waals surface area contributed by atoms with Crippen molar-refractivity contribution in [3.63, 3.8) is 0 Å². The van der Waals surface area contributed by atoms with E-state index >= 15 is 0 Å². The summed E-state index contributed by atoms with van der Waals surface area (Å²) in [7, 11) is -4.19. The van der Waals surface area contributed by atoms with Gasteiger partial charge in [-0.1, -0.05) is 37.3 Å². The van der Waals surface area contributed by atoms with Gasteiger partial charge >= 0.3 is 0 Å². The Kier molecular flexibility index (Phi) is 6.11. The third-order valence-corrected chi connectivity index (χ3v) is 7.08. The fraction of sp³-hybridized carbons (Fsp3) is 0.120. The summed E-state index contributed by atoms with van der Waals surface area (Å²) < 4.78 is 41.6. The van der Waals surface area contributed by atoms with Crippen LogP contribution < -0.4 is 10.7 Å². The summed E-state index contributed by atoms with van der Waals surface area (Å²) in [5, 5.41) is 2.64. The van der Waals surface area contributed by atoms with E-state index in [1.165, 1.54) is 22.8 Å². The van der Waals surface area contributed by atoms with Crippen LogP contribution in [0, 0.1) is 5.82 Å². The fourth-order valence-electron chi connectivity index (χ4n) is 3.57. The predicted molar refractivity (Wildman–Crippen MR) is 125 cm³/mol. The molecule has 4 aromatic rings. The molecule has 1 N–H and O–H groups in total. The zero-order chi connectivity index (χ0) is 23.6. The van der Waals surface area contributed by atoms with Crippen molar-refractivity contribution in [1.82, 2.24) is 4.57 Å². The molecule has 0 fully saturated rings. The van der Waals surface area contributed by atoms with E-state index in [0.717, 1.165) is 30.3 Å². The van der Waals surface area contributed by atoms with Crippen LogP contribution in [0.1, 0.15) is 12.5 Å². The van der Waals surface area contributed by atoms with Gasteiger partial charge in [-0.3, -0.25) is 9.59 Å². The Bertz CT molecular complexity index is 1500. The number of halogens is 1. The number of hydrogen-bond donors (Lipinski definition) is 1. The first kappa shape index (κ1) is 22.4. The second kappa shape index (κ2) is 8.99. The van der Waals surface area contributed by atoms with E-state index in [0.29, 0.717) is 5.69 Å². The number of nitrogens with one attached hydrogen (secondary N) is 1. The smallest absolute Gasteiger partial charge is 0.244 e. The summed E-state index contributed by atoms with van der Waals surface area (Å²) in [5.74, 6) is -1.10. The number of sulfone groups is 1. The van der Waals surface area contributed by atoms with Crippen LogP contribution in [0.25, 0.3) is 10.9 Å². The number of hydrogen-bond acceptors (Lipinski definition) is 4. The Morgan fingerprint density at radius 2 is 1.70 bits per heavy atom. The van der Waals surface area contributed by atoms with Crippen LogP contribution in [-0.4, -0.2) is 18.9 Å². The van der Waals surface area contributed by atoms with Crippen molar-refractivity contribution >= 4 is 32.3 Å². The molecule has 0 unspecified atom stereocenters. The Morgan fingerprint density at radius 3 is 2.36 bits per heavy atom. The van der Waals surface area contributed by atoms with Crippen LogP contribution in [-0.2, 0) is 27.6 Å². The van der Waals surface area contributed by atoms with Gasteiger partial charge in [0, 0.05) is 17.3 Å². The van der Waals surface area contributed by atoms with Gasteiger partial charge in [0.1, 0.15) is 17.3 Å². The Morgan fingerprint density at radius 1 is 1.00 bits per heavy atom. The highest BCUT2D eigenvalue weighted by Crippen LogP contribution is 2.22. The molecule has 1 heterocycles. The lowest BCUT2D eigenvalue weighted by Crippen LogP contribution is -2.24. The van der Waals surface area contributed by atoms with Crippen LogP contribution in [0.5, 0.6) is 0 Å². The standard InChI is InChI=1S/C25H21FN2O4S/c1-2-17-8-11-19(12-9-17)27-24(29)16-28-15-23(33(31,32)20-6-4-3-5-7-20)25(30)21-14-18(26)10-13-22(21)28/h3-15H,2,16H2,1H3,(H,27,29). The molecule has 1 aromatic heterocycles. The number of aryl methyl sites for hydroxylation is 1. The molecular formula is C25H21FN2O4S. The maximum atomic E-state index is 13.9. The molecule has 0 aliphatic heterocycles. The van der Waals surface area contributed by atoms with Crippen LogP contribution in [0.2, 0.25) is 0 Å². The average Bonchev–Trinajstić information content (AvgIpc) is 2.81. The molecule has 0 bridgehead atoms. The topological polar surface area (TPSA) is 85.2 Å². The van der Waals surface area contributed by atoms with Gasteiger partial charge in [-0.15, -0.1) is 0 Å². The van der Waals surface area contributed by atoms with Gasteiger partial charge in [0.15, 0.2) is 0 Å². The van der Waals surface area contributed by atoms with Crippen molar-refractivity contribution in [2.45, 2.75) is 29.7 Å². The van der Waals surface area contributed by atoms with Crippen molar-refractivity contribution < 1.29 is 17.6 Å². The zero-order valence-electron chi connectivity index (χ0n) is 17.8. The second-order valence-corrected chi connectivity index (χ2v) is 9.45. The average molecular weight is 465 g/mol. The minimum Gasteiger partial charge on any atom is -0.336 e. The van der Waals surface area contributed by atoms with Gasteiger partial charge in [0.05, 0.1) is 10.4 Å². The van der Waals surface area contributed by atoms with E-state index in [4.69, 9.17) is 0 Å². The van der Waals surface area contributed by atoms with Crippen LogP contribution in [0.3, 0.4) is 0 Å². The SMILES string of the molecule is CCc1ccc(NC(=O)Cn2cc(S(=O)(=O)c3ccccc3)c(=O)c3cc(F)ccc32)cc1. The molecule has 168 valence electrons. The first-order valence-corrected chi connectivity index (χ1v) is 11.8. The molecule has 8 heteroatoms. The third-order valence-electron chi connectivity index (χ3n) is 5.31. The van der Waals surface area contributed by atoms with E-state index in [2.05, 4.69) is 5.32 Å². The summed E-state index contributed by atoms with van der Waals surface area (Å²) in [6.45, 7) is 1.76. The minimum atomic E-state index is -4.19. The molecule has 3 aromatic carbocycles. The maximum absolute atomic E-state index is 13.9. The number of anilines is 1. The van der Waals surface area contributed by atoms with Crippen molar-refractivity contribution in [2.24, 2.45) is 0 Å². The van der Waals surface area contributed by atoms with Crippen LogP contribution in [0.4, 0.5) is 10.1 Å². The van der Waals surface area contributed by atoms with Crippen LogP contribution in [0.15, 0.2) is 93.6 Å². The van der Waals surface area contributed by atoms with E-state index in [1.54, 1.807) is 30.3 Å². The highest BCUT2D eigenvalue weighted by atomic mass is 32.2. The molecule has 4 rings (SSSR count). The lowest BCUT2D eigenvalue weighted by atomic mass is 10.1. The Balaban J connectivity index is 1.78. The first-order valence-electron chi connectivity index (χ1n) is 10.3. The Labute approximate surface area is 190 Å². The normalized spacial score (nSPS) is 11.5. The van der Waals surface area contributed by atoms with Crippen molar-refractivity contribution in [2.75, 3.05) is 5.32 Å². The summed E-state index contributed by atoms with van der Waals surface area (Å²) in [4.78, 5) is 25.2. The highest BCUT2D eigenvalue weighted by Gasteiger charge is 2.24. The predicted octanol–water partition coefficient (Wildman–Crippen LogP) is 4.17. The maximum Gasteiger partial charge on any atom is 0.244 e. The molecule has 0 saturated carbocycles. The monoisotopic (exact) mass is 464 g/mol. The molecule has 0 saturated heterocycles. The number of benzene rings is 3. The number of carbonyl (C=O) groups excluding carboxylic acids is 1. The van der Waals surface area contributed by atoms with Gasteiger partial charge in [-0.2, -0.15) is 0 Å². The van der Waals surface area contributed by atoms with Gasteiger partial charge in [-0.05, 0) is 54.4 Å². The Hall–Kier alpha value is -3.78. The summed E-state index contributed by atoms with van der Waals surface area (Å²) in [5.41, 5.74) is 1.15. The highest BCUT2D eigenvalue weighted by molar-refractivity contribution is 7.91. The molecule has 33 heavy (non-hydrogen) atoms. The second-order valence-electron chi connectivity index (χ2n) is 7.53. The third kappa shape index (κ3) is 4.56. The van der Waals surface area contributed by atoms with Gasteiger partial charge in [0.2, 0.25) is 21.2 Å². The van der Waals surface area contributed by atoms with Crippen molar-refractivity contribution in [3.8, 4) is 0 Å². The number of amides is 1. The number of pyridine rings is 1. The quantitative estimate of drug-likeness (QED) is 0.464. The molecule has 0 spiro atoms. The first-order chi connectivity index (χ1) is 15.8. The lowest BCUT2D eigenvalue weighted by molar-refractivity contribution is -0.116. The number of fused-ring (bicyclic) bond motifs is 1. The molecular weight excluding hydrogens is 443 g/mol. The summed E-state index contributed by atoms with van der Waals surface area (Å²) >= 11 is 0. The van der Waals surface area contributed by atoms with Gasteiger partial charge < -0.3 is 9.88 Å².